The molecule has 0 radical (unpaired) electrons. The van der Waals surface area contributed by atoms with Crippen LogP contribution in [0.2, 0.25) is 10.0 Å². The Labute approximate surface area is 207 Å². The molecule has 1 aliphatic rings. The van der Waals surface area contributed by atoms with Crippen LogP contribution in [-0.2, 0) is 6.42 Å². The molecule has 2 heterocycles. The lowest BCUT2D eigenvalue weighted by atomic mass is 9.96. The predicted molar refractivity (Wildman–Crippen MR) is 133 cm³/mol. The quantitative estimate of drug-likeness (QED) is 0.269. The van der Waals surface area contributed by atoms with Gasteiger partial charge in [-0.3, -0.25) is 15.0 Å². The summed E-state index contributed by atoms with van der Waals surface area (Å²) >= 11 is 12.1. The van der Waals surface area contributed by atoms with E-state index in [0.717, 1.165) is 25.1 Å². The van der Waals surface area contributed by atoms with Gasteiger partial charge in [0.25, 0.3) is 5.91 Å². The summed E-state index contributed by atoms with van der Waals surface area (Å²) in [6.07, 6.45) is 2.44. The number of nitrogens with one attached hydrogen (secondary N) is 2. The van der Waals surface area contributed by atoms with E-state index in [1.54, 1.807) is 42.5 Å². The first-order valence-corrected chi connectivity index (χ1v) is 11.4. The van der Waals surface area contributed by atoms with Crippen LogP contribution < -0.4 is 10.1 Å². The number of Topliss-reactive ketones (excluding diaryl/α,β-unsaturated/α-hetero) is 1. The number of methoxy groups -OCH3 is 1. The number of halogens is 2. The monoisotopic (exact) mass is 496 g/mol. The number of ether oxygens (including phenoxy) is 1. The fraction of sp³-hybridized carbons (Fsp3) is 0.200. The number of carbonyl (C=O) groups is 2. The van der Waals surface area contributed by atoms with Crippen LogP contribution in [0.1, 0.15) is 38.3 Å². The second-order valence-electron chi connectivity index (χ2n) is 7.82. The maximum atomic E-state index is 13.1. The molecule has 2 aromatic carbocycles. The van der Waals surface area contributed by atoms with E-state index in [1.807, 2.05) is 4.90 Å². The highest BCUT2D eigenvalue weighted by atomic mass is 35.5. The highest BCUT2D eigenvalue weighted by molar-refractivity contribution is 6.31. The Morgan fingerprint density at radius 3 is 2.35 bits per heavy atom. The third-order valence-corrected chi connectivity index (χ3v) is 6.04. The molecule has 0 unspecified atom stereocenters. The first-order chi connectivity index (χ1) is 16.4. The Hall–Kier alpha value is -3.42. The number of benzene rings is 2. The number of hydrogen-bond acceptors (Lipinski definition) is 5. The van der Waals surface area contributed by atoms with Crippen LogP contribution in [0.15, 0.2) is 54.7 Å². The Bertz CT molecular complexity index is 1240. The van der Waals surface area contributed by atoms with Crippen LogP contribution in [0.5, 0.6) is 5.75 Å². The fourth-order valence-electron chi connectivity index (χ4n) is 3.61. The van der Waals surface area contributed by atoms with Gasteiger partial charge in [0, 0.05) is 53.0 Å². The molecule has 3 aromatic rings. The zero-order valence-electron chi connectivity index (χ0n) is 18.4. The molecular formula is C25H22Cl2N4O3. The zero-order valence-corrected chi connectivity index (χ0v) is 19.9. The summed E-state index contributed by atoms with van der Waals surface area (Å²) in [7, 11) is 1.46. The molecular weight excluding hydrogens is 475 g/mol. The molecule has 4 rings (SSSR count). The minimum Gasteiger partial charge on any atom is -0.496 e. The third kappa shape index (κ3) is 5.21. The molecule has 1 aromatic heterocycles. The summed E-state index contributed by atoms with van der Waals surface area (Å²) in [5.74, 6) is 0.439. The molecule has 174 valence electrons. The van der Waals surface area contributed by atoms with Gasteiger partial charge in [-0.25, -0.2) is 4.98 Å². The molecule has 0 atom stereocenters. The topological polar surface area (TPSA) is 95.4 Å². The predicted octanol–water partition coefficient (Wildman–Crippen LogP) is 5.11. The first-order valence-electron chi connectivity index (χ1n) is 10.6. The molecule has 7 nitrogen and oxygen atoms in total. The average Bonchev–Trinajstić information content (AvgIpc) is 2.80. The summed E-state index contributed by atoms with van der Waals surface area (Å²) < 4.78 is 5.43. The molecule has 1 fully saturated rings. The van der Waals surface area contributed by atoms with Crippen molar-refractivity contribution in [3.8, 4) is 5.75 Å². The summed E-state index contributed by atoms with van der Waals surface area (Å²) in [4.78, 5) is 32.2. The summed E-state index contributed by atoms with van der Waals surface area (Å²) in [5.41, 5.74) is 1.87. The Morgan fingerprint density at radius 1 is 1.06 bits per heavy atom. The maximum Gasteiger partial charge on any atom is 0.257 e. The van der Waals surface area contributed by atoms with Crippen molar-refractivity contribution in [2.24, 2.45) is 0 Å². The fourth-order valence-corrected chi connectivity index (χ4v) is 3.93. The van der Waals surface area contributed by atoms with Gasteiger partial charge in [0.1, 0.15) is 17.4 Å². The number of rotatable bonds is 7. The number of aromatic nitrogens is 1. The van der Waals surface area contributed by atoms with Crippen molar-refractivity contribution in [1.29, 1.82) is 5.41 Å². The van der Waals surface area contributed by atoms with Crippen molar-refractivity contribution in [3.63, 3.8) is 0 Å². The molecule has 1 saturated heterocycles. The van der Waals surface area contributed by atoms with Gasteiger partial charge in [-0.1, -0.05) is 47.5 Å². The van der Waals surface area contributed by atoms with Gasteiger partial charge in [-0.2, -0.15) is 0 Å². The zero-order chi connectivity index (χ0) is 24.2. The molecule has 9 heteroatoms. The second-order valence-corrected chi connectivity index (χ2v) is 8.69. The van der Waals surface area contributed by atoms with Gasteiger partial charge in [0.05, 0.1) is 12.1 Å². The van der Waals surface area contributed by atoms with Crippen molar-refractivity contribution < 1.29 is 14.3 Å². The van der Waals surface area contributed by atoms with Gasteiger partial charge in [0.15, 0.2) is 5.78 Å². The van der Waals surface area contributed by atoms with E-state index in [0.29, 0.717) is 38.6 Å². The number of amidine groups is 1. The average molecular weight is 497 g/mol. The van der Waals surface area contributed by atoms with Crippen LogP contribution in [-0.4, -0.2) is 47.6 Å². The van der Waals surface area contributed by atoms with Crippen molar-refractivity contribution in [1.82, 2.24) is 9.88 Å². The van der Waals surface area contributed by atoms with Crippen molar-refractivity contribution >= 4 is 46.5 Å². The first kappa shape index (κ1) is 23.7. The lowest BCUT2D eigenvalue weighted by molar-refractivity contribution is 0.0991. The highest BCUT2D eigenvalue weighted by Gasteiger charge is 2.22. The summed E-state index contributed by atoms with van der Waals surface area (Å²) in [6, 6.07) is 13.2. The van der Waals surface area contributed by atoms with Gasteiger partial charge < -0.3 is 15.0 Å². The van der Waals surface area contributed by atoms with E-state index in [1.165, 1.54) is 19.4 Å². The molecule has 2 N–H and O–H groups in total. The number of anilines is 1. The standard InChI is InChI=1S/C25H22Cl2N4O3/c1-34-22-12-18(27)11-20(25(33)30-23-8-7-17(26)14-29-23)19(22)13-21(32)15-3-5-16(6-4-15)24(28)31-9-2-10-31/h3-8,11-12,14,28H,2,9-10,13H2,1H3,(H,29,30,33). The minimum absolute atomic E-state index is 0.0694. The van der Waals surface area contributed by atoms with Crippen LogP contribution >= 0.6 is 23.2 Å². The van der Waals surface area contributed by atoms with E-state index in [9.17, 15) is 9.59 Å². The number of ketones is 1. The van der Waals surface area contributed by atoms with Crippen molar-refractivity contribution in [2.45, 2.75) is 12.8 Å². The number of carbonyl (C=O) groups excluding carboxylic acids is 2. The van der Waals surface area contributed by atoms with Gasteiger partial charge >= 0.3 is 0 Å². The van der Waals surface area contributed by atoms with E-state index in [2.05, 4.69) is 10.3 Å². The molecule has 1 aliphatic heterocycles. The number of nitrogens with zero attached hydrogens (tertiary/aromatic N) is 2. The van der Waals surface area contributed by atoms with Gasteiger partial charge in [-0.05, 0) is 30.7 Å². The Kier molecular flexibility index (Phi) is 7.14. The lowest BCUT2D eigenvalue weighted by Crippen LogP contribution is -2.42. The van der Waals surface area contributed by atoms with E-state index in [-0.39, 0.29) is 17.8 Å². The van der Waals surface area contributed by atoms with Crippen LogP contribution in [0, 0.1) is 5.41 Å². The van der Waals surface area contributed by atoms with E-state index < -0.39 is 5.91 Å². The van der Waals surface area contributed by atoms with Crippen LogP contribution in [0.3, 0.4) is 0 Å². The number of hydrogen-bond donors (Lipinski definition) is 2. The molecule has 0 saturated carbocycles. The van der Waals surface area contributed by atoms with Crippen LogP contribution in [0.25, 0.3) is 0 Å². The minimum atomic E-state index is -0.475. The van der Waals surface area contributed by atoms with Gasteiger partial charge in [-0.15, -0.1) is 0 Å². The summed E-state index contributed by atoms with van der Waals surface area (Å²) in [6.45, 7) is 1.76. The van der Waals surface area contributed by atoms with Gasteiger partial charge in [0.2, 0.25) is 0 Å². The molecule has 0 bridgehead atoms. The lowest BCUT2D eigenvalue weighted by Gasteiger charge is -2.33. The van der Waals surface area contributed by atoms with Crippen molar-refractivity contribution in [3.05, 3.63) is 87.0 Å². The molecule has 0 spiro atoms. The molecule has 34 heavy (non-hydrogen) atoms. The summed E-state index contributed by atoms with van der Waals surface area (Å²) in [5, 5.41) is 11.7. The Morgan fingerprint density at radius 2 is 1.76 bits per heavy atom. The third-order valence-electron chi connectivity index (χ3n) is 5.60. The smallest absolute Gasteiger partial charge is 0.257 e. The molecule has 0 aliphatic carbocycles. The second kappa shape index (κ2) is 10.2. The van der Waals surface area contributed by atoms with Crippen molar-refractivity contribution in [2.75, 3.05) is 25.5 Å². The van der Waals surface area contributed by atoms with E-state index in [4.69, 9.17) is 33.3 Å². The SMILES string of the molecule is COc1cc(Cl)cc(C(=O)Nc2ccc(Cl)cn2)c1CC(=O)c1ccc(C(=N)N2CCC2)cc1. The van der Waals surface area contributed by atoms with Crippen LogP contribution in [0.4, 0.5) is 5.82 Å². The molecule has 1 amide bonds. The van der Waals surface area contributed by atoms with E-state index >= 15 is 0 Å². The Balaban J connectivity index is 1.57. The largest absolute Gasteiger partial charge is 0.496 e. The number of amides is 1. The number of pyridine rings is 1. The number of likely N-dealkylation sites (tertiary alicyclic amines) is 1. The normalized spacial score (nSPS) is 12.6. The highest BCUT2D eigenvalue weighted by Crippen LogP contribution is 2.30. The maximum absolute atomic E-state index is 13.1.